The second-order valence-corrected chi connectivity index (χ2v) is 18.6. The Hall–Kier alpha value is -0.440. The molecule has 13 atom stereocenters. The molecular weight excluding hydrogens is 578 g/mol. The molecule has 3 unspecified atom stereocenters. The van der Waals surface area contributed by atoms with Gasteiger partial charge >= 0.3 is 5.97 Å². The molecule has 5 aliphatic carbocycles. The van der Waals surface area contributed by atoms with Crippen molar-refractivity contribution >= 4 is 17.7 Å². The van der Waals surface area contributed by atoms with Crippen molar-refractivity contribution in [1.82, 2.24) is 4.42 Å². The lowest BCUT2D eigenvalue weighted by molar-refractivity contribution is -0.216. The van der Waals surface area contributed by atoms with E-state index in [0.717, 1.165) is 44.9 Å². The molecule has 6 fully saturated rings. The van der Waals surface area contributed by atoms with Gasteiger partial charge in [0, 0.05) is 25.5 Å². The largest absolute Gasteiger partial charge is 0.461 e. The fourth-order valence-electron chi connectivity index (χ4n) is 13.0. The van der Waals surface area contributed by atoms with E-state index in [1.165, 1.54) is 17.3 Å². The van der Waals surface area contributed by atoms with Gasteiger partial charge in [-0.15, -0.1) is 0 Å². The Kier molecular flexibility index (Phi) is 8.01. The number of ether oxygens (including phenoxy) is 3. The number of hydrogen-bond donors (Lipinski definition) is 2. The number of likely N-dealkylation sites (N-methyl/N-ethyl adjacent to an activating group) is 1. The zero-order valence-electron chi connectivity index (χ0n) is 29.0. The quantitative estimate of drug-likeness (QED) is 0.248. The molecule has 0 aromatic carbocycles. The summed E-state index contributed by atoms with van der Waals surface area (Å²) < 4.78 is 20.9. The van der Waals surface area contributed by atoms with Crippen LogP contribution < -0.4 is 0 Å². The number of esters is 1. The molecule has 8 heteroatoms. The van der Waals surface area contributed by atoms with E-state index in [-0.39, 0.29) is 69.3 Å². The second kappa shape index (κ2) is 10.5. The van der Waals surface area contributed by atoms with Crippen LogP contribution in [0.25, 0.3) is 0 Å². The Balaban J connectivity index is 1.28. The summed E-state index contributed by atoms with van der Waals surface area (Å²) in [6.45, 7) is 17.2. The van der Waals surface area contributed by atoms with Crippen LogP contribution in [-0.4, -0.2) is 76.9 Å². The molecule has 5 saturated carbocycles. The minimum absolute atomic E-state index is 0.0178. The van der Waals surface area contributed by atoms with Crippen molar-refractivity contribution in [2.24, 2.45) is 50.7 Å². The van der Waals surface area contributed by atoms with Gasteiger partial charge in [0.15, 0.2) is 0 Å². The number of fused-ring (bicyclic) bond motifs is 2. The standard InChI is InChI=1S/C36H60ClNO6/c1-20(2)28(38(9)37)30(40)44-25-13-14-36-19-35(36)16-15-33(7)27(22-11-12-26(43-22)32(5,6)41)21(39)18-34(33,8)24(35)17-23(42-10)29(36)31(25,3)4/h20-29,39,41H,11-19H2,1-10H3/t21-,22?,23-,24?,25-,26-,27+,28-,29-,33+,34-,35?,36+/m0/s1. The van der Waals surface area contributed by atoms with Crippen LogP contribution in [0.3, 0.4) is 0 Å². The number of hydrogen-bond acceptors (Lipinski definition) is 7. The summed E-state index contributed by atoms with van der Waals surface area (Å²) >= 11 is 6.32. The van der Waals surface area contributed by atoms with E-state index in [1.54, 1.807) is 7.05 Å². The van der Waals surface area contributed by atoms with Crippen LogP contribution >= 0.6 is 11.8 Å². The van der Waals surface area contributed by atoms with Crippen LogP contribution in [0.15, 0.2) is 0 Å². The first kappa shape index (κ1) is 33.5. The molecular formula is C36H60ClNO6. The summed E-state index contributed by atoms with van der Waals surface area (Å²) in [7, 11) is 3.60. The lowest BCUT2D eigenvalue weighted by Gasteiger charge is -2.64. The number of aliphatic hydroxyl groups excluding tert-OH is 1. The summed E-state index contributed by atoms with van der Waals surface area (Å²) in [5.74, 6) is 0.662. The zero-order valence-corrected chi connectivity index (χ0v) is 29.7. The van der Waals surface area contributed by atoms with Gasteiger partial charge in [-0.3, -0.25) is 4.79 Å². The van der Waals surface area contributed by atoms with Gasteiger partial charge in [-0.1, -0.05) is 41.5 Å². The van der Waals surface area contributed by atoms with E-state index in [4.69, 9.17) is 26.0 Å². The number of carbonyl (C=O) groups is 1. The van der Waals surface area contributed by atoms with Crippen LogP contribution in [0.2, 0.25) is 0 Å². The maximum absolute atomic E-state index is 13.4. The summed E-state index contributed by atoms with van der Waals surface area (Å²) in [5, 5.41) is 22.5. The molecule has 0 radical (unpaired) electrons. The second-order valence-electron chi connectivity index (χ2n) is 18.1. The van der Waals surface area contributed by atoms with Crippen LogP contribution in [0.4, 0.5) is 0 Å². The van der Waals surface area contributed by atoms with Gasteiger partial charge in [-0.05, 0) is 123 Å². The third-order valence-corrected chi connectivity index (χ3v) is 15.3. The highest BCUT2D eigenvalue weighted by Gasteiger charge is 2.84. The number of rotatable bonds is 7. The van der Waals surface area contributed by atoms with Gasteiger partial charge < -0.3 is 24.4 Å². The molecule has 6 aliphatic rings. The molecule has 0 amide bonds. The molecule has 1 heterocycles. The first-order chi connectivity index (χ1) is 20.3. The minimum atomic E-state index is -0.876. The van der Waals surface area contributed by atoms with Gasteiger partial charge in [0.25, 0.3) is 0 Å². The fraction of sp³-hybridized carbons (Fsp3) is 0.972. The molecule has 0 aromatic heterocycles. The molecule has 0 aromatic rings. The number of aliphatic hydroxyl groups is 2. The van der Waals surface area contributed by atoms with Crippen molar-refractivity contribution in [1.29, 1.82) is 0 Å². The maximum Gasteiger partial charge on any atom is 0.325 e. The normalized spacial score (nSPS) is 50.1. The Bertz CT molecular complexity index is 1130. The number of nitrogens with zero attached hydrogens (tertiary/aromatic N) is 1. The smallest absolute Gasteiger partial charge is 0.325 e. The highest BCUT2D eigenvalue weighted by molar-refractivity contribution is 6.14. The minimum Gasteiger partial charge on any atom is -0.461 e. The molecule has 0 bridgehead atoms. The maximum atomic E-state index is 13.4. The predicted octanol–water partition coefficient (Wildman–Crippen LogP) is 6.36. The Morgan fingerprint density at radius 3 is 2.30 bits per heavy atom. The number of methoxy groups -OCH3 is 1. The SMILES string of the molecule is CO[C@H]1CC2C3(CC[C@]4(C)[C@@H](C5CC[C@@H](C(C)(C)O)O5)[C@@H](O)C[C@@]24C)C[C@@]32CC[C@H](OC(=O)[C@H](C(C)C)N(C)Cl)C(C)(C)[C@H]12. The van der Waals surface area contributed by atoms with Crippen LogP contribution in [0.1, 0.15) is 113 Å². The third kappa shape index (κ3) is 4.41. The van der Waals surface area contributed by atoms with Gasteiger partial charge in [0.1, 0.15) is 12.1 Å². The van der Waals surface area contributed by atoms with Crippen LogP contribution in [0, 0.1) is 50.7 Å². The third-order valence-electron chi connectivity index (χ3n) is 15.1. The summed E-state index contributed by atoms with van der Waals surface area (Å²) in [4.78, 5) is 13.4. The highest BCUT2D eigenvalue weighted by Crippen LogP contribution is 2.89. The summed E-state index contributed by atoms with van der Waals surface area (Å²) in [6.07, 6.45) is 8.21. The topological polar surface area (TPSA) is 88.5 Å². The fourth-order valence-corrected chi connectivity index (χ4v) is 13.4. The molecule has 6 rings (SSSR count). The van der Waals surface area contributed by atoms with Gasteiger partial charge in [-0.25, -0.2) is 4.42 Å². The molecule has 252 valence electrons. The van der Waals surface area contributed by atoms with E-state index < -0.39 is 17.7 Å². The molecule has 7 nitrogen and oxygen atoms in total. The highest BCUT2D eigenvalue weighted by atomic mass is 35.5. The van der Waals surface area contributed by atoms with E-state index >= 15 is 0 Å². The van der Waals surface area contributed by atoms with E-state index in [9.17, 15) is 15.0 Å². The van der Waals surface area contributed by atoms with Crippen molar-refractivity contribution in [2.75, 3.05) is 14.2 Å². The lowest BCUT2D eigenvalue weighted by Crippen LogP contribution is -2.62. The Morgan fingerprint density at radius 2 is 1.73 bits per heavy atom. The zero-order chi connectivity index (χ0) is 32.4. The molecule has 2 N–H and O–H groups in total. The predicted molar refractivity (Wildman–Crippen MR) is 171 cm³/mol. The molecule has 1 saturated heterocycles. The number of carbonyl (C=O) groups excluding carboxylic acids is 1. The summed E-state index contributed by atoms with van der Waals surface area (Å²) in [5.41, 5.74) is -0.771. The van der Waals surface area contributed by atoms with E-state index in [0.29, 0.717) is 11.8 Å². The summed E-state index contributed by atoms with van der Waals surface area (Å²) in [6, 6.07) is -0.482. The van der Waals surface area contributed by atoms with Crippen molar-refractivity contribution in [2.45, 2.75) is 155 Å². The van der Waals surface area contributed by atoms with Gasteiger partial charge in [0.05, 0.1) is 30.0 Å². The Morgan fingerprint density at radius 1 is 1.05 bits per heavy atom. The van der Waals surface area contributed by atoms with E-state index in [1.807, 2.05) is 34.8 Å². The monoisotopic (exact) mass is 637 g/mol. The van der Waals surface area contributed by atoms with Crippen LogP contribution in [0.5, 0.6) is 0 Å². The van der Waals surface area contributed by atoms with Crippen molar-refractivity contribution in [3.05, 3.63) is 0 Å². The first-order valence-corrected chi connectivity index (χ1v) is 17.8. The van der Waals surface area contributed by atoms with Crippen molar-refractivity contribution in [3.8, 4) is 0 Å². The average Bonchev–Trinajstić information content (AvgIpc) is 3.15. The Labute approximate surface area is 271 Å². The van der Waals surface area contributed by atoms with Gasteiger partial charge in [0.2, 0.25) is 0 Å². The molecule has 2 spiro atoms. The van der Waals surface area contributed by atoms with E-state index in [2.05, 4.69) is 27.7 Å². The van der Waals surface area contributed by atoms with Crippen LogP contribution in [-0.2, 0) is 19.0 Å². The average molecular weight is 638 g/mol. The lowest BCUT2D eigenvalue weighted by atomic mass is 9.41. The van der Waals surface area contributed by atoms with Crippen molar-refractivity contribution < 1.29 is 29.2 Å². The van der Waals surface area contributed by atoms with Crippen molar-refractivity contribution in [3.63, 3.8) is 0 Å². The molecule has 1 aliphatic heterocycles. The molecule has 44 heavy (non-hydrogen) atoms. The van der Waals surface area contributed by atoms with Gasteiger partial charge in [-0.2, -0.15) is 0 Å². The first-order valence-electron chi connectivity index (χ1n) is 17.5. The number of halogens is 1.